The van der Waals surface area contributed by atoms with E-state index in [-0.39, 0.29) is 10.7 Å². The minimum absolute atomic E-state index is 0.0731. The molecule has 0 atom stereocenters. The first-order valence-corrected chi connectivity index (χ1v) is 7.85. The Morgan fingerprint density at radius 2 is 2.05 bits per heavy atom. The van der Waals surface area contributed by atoms with E-state index < -0.39 is 5.69 Å². The topological polar surface area (TPSA) is 54.9 Å². The van der Waals surface area contributed by atoms with Crippen LogP contribution in [0.5, 0.6) is 0 Å². The monoisotopic (exact) mass is 370 g/mol. The van der Waals surface area contributed by atoms with Crippen LogP contribution < -0.4 is 11.2 Å². The summed E-state index contributed by atoms with van der Waals surface area (Å²) < 4.78 is 2.05. The molecule has 0 bridgehead atoms. The van der Waals surface area contributed by atoms with E-state index in [0.29, 0.717) is 23.6 Å². The van der Waals surface area contributed by atoms with Crippen molar-refractivity contribution in [2.45, 2.75) is 26.8 Å². The van der Waals surface area contributed by atoms with Gasteiger partial charge in [-0.25, -0.2) is 4.79 Å². The molecule has 1 N–H and O–H groups in total. The van der Waals surface area contributed by atoms with Gasteiger partial charge in [0.1, 0.15) is 5.15 Å². The third kappa shape index (κ3) is 3.66. The number of H-pyrrole nitrogens is 1. The van der Waals surface area contributed by atoms with E-state index >= 15 is 0 Å². The van der Waals surface area contributed by atoms with Gasteiger partial charge in [-0.3, -0.25) is 14.3 Å². The zero-order valence-electron chi connectivity index (χ0n) is 11.8. The Bertz CT molecular complexity index is 765. The number of hydrogen-bond donors (Lipinski definition) is 1. The Balaban J connectivity index is 2.59. The summed E-state index contributed by atoms with van der Waals surface area (Å²) >= 11 is 9.44. The van der Waals surface area contributed by atoms with Crippen LogP contribution in [-0.4, -0.2) is 9.55 Å². The van der Waals surface area contributed by atoms with Gasteiger partial charge in [0.15, 0.2) is 0 Å². The SMILES string of the molecule is CC(C)CCn1c(=O)[nH]c(Cl)c(-c2cccc(Br)c2)c1=O. The van der Waals surface area contributed by atoms with E-state index in [1.807, 2.05) is 26.0 Å². The van der Waals surface area contributed by atoms with Crippen molar-refractivity contribution in [1.82, 2.24) is 9.55 Å². The third-order valence-electron chi connectivity index (χ3n) is 3.18. The molecule has 4 nitrogen and oxygen atoms in total. The quantitative estimate of drug-likeness (QED) is 0.834. The van der Waals surface area contributed by atoms with Crippen molar-refractivity contribution in [3.05, 3.63) is 54.7 Å². The predicted molar refractivity (Wildman–Crippen MR) is 88.9 cm³/mol. The van der Waals surface area contributed by atoms with Crippen LogP contribution in [0.4, 0.5) is 0 Å². The van der Waals surface area contributed by atoms with E-state index in [4.69, 9.17) is 11.6 Å². The molecule has 0 aliphatic rings. The number of nitrogens with one attached hydrogen (secondary N) is 1. The molecule has 0 unspecified atom stereocenters. The molecule has 0 spiro atoms. The molecule has 0 amide bonds. The van der Waals surface area contributed by atoms with Crippen molar-refractivity contribution in [2.24, 2.45) is 5.92 Å². The average Bonchev–Trinajstić information content (AvgIpc) is 2.37. The molecule has 112 valence electrons. The Labute approximate surface area is 135 Å². The number of nitrogens with zero attached hydrogens (tertiary/aromatic N) is 1. The fraction of sp³-hybridized carbons (Fsp3) is 0.333. The third-order valence-corrected chi connectivity index (χ3v) is 3.96. The second-order valence-electron chi connectivity index (χ2n) is 5.27. The fourth-order valence-corrected chi connectivity index (χ4v) is 2.70. The number of halogens is 2. The maximum absolute atomic E-state index is 12.6. The molecule has 0 aliphatic carbocycles. The molecule has 0 aliphatic heterocycles. The summed E-state index contributed by atoms with van der Waals surface area (Å²) in [5, 5.41) is 0.0731. The van der Waals surface area contributed by atoms with Crippen LogP contribution in [0.2, 0.25) is 5.15 Å². The highest BCUT2D eigenvalue weighted by molar-refractivity contribution is 9.10. The smallest absolute Gasteiger partial charge is 0.297 e. The largest absolute Gasteiger partial charge is 0.329 e. The Kier molecular flexibility index (Phi) is 5.06. The lowest BCUT2D eigenvalue weighted by Crippen LogP contribution is -2.36. The first-order chi connectivity index (χ1) is 9.90. The summed E-state index contributed by atoms with van der Waals surface area (Å²) in [6.07, 6.45) is 0.753. The molecule has 2 aromatic rings. The summed E-state index contributed by atoms with van der Waals surface area (Å²) in [7, 11) is 0. The molecule has 1 aromatic heterocycles. The number of aromatic amines is 1. The zero-order valence-corrected chi connectivity index (χ0v) is 14.2. The molecular formula is C15H16BrClN2O2. The summed E-state index contributed by atoms with van der Waals surface area (Å²) in [4.78, 5) is 27.1. The van der Waals surface area contributed by atoms with Crippen LogP contribution in [0.3, 0.4) is 0 Å². The maximum atomic E-state index is 12.6. The van der Waals surface area contributed by atoms with Gasteiger partial charge < -0.3 is 0 Å². The Morgan fingerprint density at radius 3 is 2.67 bits per heavy atom. The van der Waals surface area contributed by atoms with Gasteiger partial charge in [0, 0.05) is 11.0 Å². The Hall–Kier alpha value is -1.33. The minimum atomic E-state index is -0.468. The van der Waals surface area contributed by atoms with Crippen molar-refractivity contribution >= 4 is 27.5 Å². The van der Waals surface area contributed by atoms with Gasteiger partial charge in [0.25, 0.3) is 5.56 Å². The first-order valence-electron chi connectivity index (χ1n) is 6.68. The Morgan fingerprint density at radius 1 is 1.33 bits per heavy atom. The number of benzene rings is 1. The molecular weight excluding hydrogens is 356 g/mol. The number of hydrogen-bond acceptors (Lipinski definition) is 2. The second-order valence-corrected chi connectivity index (χ2v) is 6.56. The van der Waals surface area contributed by atoms with Crippen LogP contribution >= 0.6 is 27.5 Å². The zero-order chi connectivity index (χ0) is 15.6. The lowest BCUT2D eigenvalue weighted by molar-refractivity contribution is 0.495. The minimum Gasteiger partial charge on any atom is -0.297 e. The molecule has 6 heteroatoms. The van der Waals surface area contributed by atoms with Crippen LogP contribution in [-0.2, 0) is 6.54 Å². The molecule has 2 rings (SSSR count). The molecule has 0 saturated heterocycles. The maximum Gasteiger partial charge on any atom is 0.329 e. The van der Waals surface area contributed by atoms with Crippen molar-refractivity contribution in [3.8, 4) is 11.1 Å². The van der Waals surface area contributed by atoms with Crippen molar-refractivity contribution < 1.29 is 0 Å². The van der Waals surface area contributed by atoms with Gasteiger partial charge >= 0.3 is 5.69 Å². The van der Waals surface area contributed by atoms with E-state index in [1.54, 1.807) is 12.1 Å². The summed E-state index contributed by atoms with van der Waals surface area (Å²) in [6.45, 7) is 4.47. The van der Waals surface area contributed by atoms with Gasteiger partial charge in [-0.15, -0.1) is 0 Å². The van der Waals surface area contributed by atoms with Gasteiger partial charge in [-0.1, -0.05) is 53.5 Å². The van der Waals surface area contributed by atoms with Crippen LogP contribution in [0, 0.1) is 5.92 Å². The lowest BCUT2D eigenvalue weighted by Gasteiger charge is -2.10. The van der Waals surface area contributed by atoms with Gasteiger partial charge in [-0.05, 0) is 30.0 Å². The van der Waals surface area contributed by atoms with E-state index in [0.717, 1.165) is 10.9 Å². The van der Waals surface area contributed by atoms with E-state index in [1.165, 1.54) is 4.57 Å². The highest BCUT2D eigenvalue weighted by atomic mass is 79.9. The normalized spacial score (nSPS) is 11.1. The molecule has 1 aromatic carbocycles. The highest BCUT2D eigenvalue weighted by Gasteiger charge is 2.15. The summed E-state index contributed by atoms with van der Waals surface area (Å²) in [5.41, 5.74) is 0.169. The molecule has 1 heterocycles. The van der Waals surface area contributed by atoms with Crippen LogP contribution in [0.25, 0.3) is 11.1 Å². The average molecular weight is 372 g/mol. The second kappa shape index (κ2) is 6.62. The van der Waals surface area contributed by atoms with Crippen LogP contribution in [0.1, 0.15) is 20.3 Å². The standard InChI is InChI=1S/C15H16BrClN2O2/c1-9(2)6-7-19-14(20)12(13(17)18-15(19)21)10-4-3-5-11(16)8-10/h3-5,8-9H,6-7H2,1-2H3,(H,18,21). The highest BCUT2D eigenvalue weighted by Crippen LogP contribution is 2.24. The lowest BCUT2D eigenvalue weighted by atomic mass is 10.1. The number of aromatic nitrogens is 2. The summed E-state index contributed by atoms with van der Waals surface area (Å²) in [5.74, 6) is 0.404. The molecule has 0 radical (unpaired) electrons. The van der Waals surface area contributed by atoms with Crippen LogP contribution in [0.15, 0.2) is 38.3 Å². The van der Waals surface area contributed by atoms with Gasteiger partial charge in [-0.2, -0.15) is 0 Å². The molecule has 0 saturated carbocycles. The van der Waals surface area contributed by atoms with Crippen molar-refractivity contribution in [3.63, 3.8) is 0 Å². The van der Waals surface area contributed by atoms with E-state index in [2.05, 4.69) is 20.9 Å². The fourth-order valence-electron chi connectivity index (χ4n) is 2.03. The molecule has 21 heavy (non-hydrogen) atoms. The van der Waals surface area contributed by atoms with Gasteiger partial charge in [0.2, 0.25) is 0 Å². The molecule has 0 fully saturated rings. The van der Waals surface area contributed by atoms with E-state index in [9.17, 15) is 9.59 Å². The van der Waals surface area contributed by atoms with Crippen molar-refractivity contribution in [2.75, 3.05) is 0 Å². The summed E-state index contributed by atoms with van der Waals surface area (Å²) in [6, 6.07) is 7.27. The van der Waals surface area contributed by atoms with Gasteiger partial charge in [0.05, 0.1) is 5.56 Å². The first kappa shape index (κ1) is 16.0. The predicted octanol–water partition coefficient (Wildman–Crippen LogP) is 3.67. The number of rotatable bonds is 4. The van der Waals surface area contributed by atoms with Crippen molar-refractivity contribution in [1.29, 1.82) is 0 Å².